The number of aliphatic hydroxyl groups is 1. The number of epoxide rings is 1. The van der Waals surface area contributed by atoms with Gasteiger partial charge in [-0.15, -0.1) is 0 Å². The van der Waals surface area contributed by atoms with Crippen molar-refractivity contribution in [3.05, 3.63) is 29.8 Å². The van der Waals surface area contributed by atoms with Crippen LogP contribution in [0.4, 0.5) is 0 Å². The Morgan fingerprint density at radius 2 is 2.38 bits per heavy atom. The van der Waals surface area contributed by atoms with Gasteiger partial charge < -0.3 is 14.6 Å². The SMILES string of the molecule is COc1cccc(C2(CO)CO2)c1. The third-order valence-corrected chi connectivity index (χ3v) is 2.34. The monoisotopic (exact) mass is 180 g/mol. The molecule has 1 fully saturated rings. The van der Waals surface area contributed by atoms with Crippen LogP contribution in [0.5, 0.6) is 5.75 Å². The summed E-state index contributed by atoms with van der Waals surface area (Å²) in [5.41, 5.74) is 0.531. The largest absolute Gasteiger partial charge is 0.497 e. The lowest BCUT2D eigenvalue weighted by Gasteiger charge is -2.09. The molecule has 1 aliphatic heterocycles. The van der Waals surface area contributed by atoms with Crippen molar-refractivity contribution in [2.75, 3.05) is 20.3 Å². The third-order valence-electron chi connectivity index (χ3n) is 2.34. The molecule has 0 spiro atoms. The first-order valence-electron chi connectivity index (χ1n) is 4.20. The van der Waals surface area contributed by atoms with Crippen molar-refractivity contribution in [3.8, 4) is 5.75 Å². The van der Waals surface area contributed by atoms with Crippen molar-refractivity contribution in [1.82, 2.24) is 0 Å². The van der Waals surface area contributed by atoms with Crippen molar-refractivity contribution >= 4 is 0 Å². The highest BCUT2D eigenvalue weighted by Crippen LogP contribution is 2.39. The summed E-state index contributed by atoms with van der Waals surface area (Å²) in [5, 5.41) is 9.11. The van der Waals surface area contributed by atoms with Gasteiger partial charge in [-0.1, -0.05) is 12.1 Å². The zero-order chi connectivity index (χ0) is 9.31. The van der Waals surface area contributed by atoms with Crippen LogP contribution in [0, 0.1) is 0 Å². The number of benzene rings is 1. The first-order chi connectivity index (χ1) is 6.30. The van der Waals surface area contributed by atoms with Gasteiger partial charge in [0.15, 0.2) is 0 Å². The van der Waals surface area contributed by atoms with Gasteiger partial charge in [-0.3, -0.25) is 0 Å². The third kappa shape index (κ3) is 1.41. The smallest absolute Gasteiger partial charge is 0.140 e. The summed E-state index contributed by atoms with van der Waals surface area (Å²) >= 11 is 0. The van der Waals surface area contributed by atoms with Gasteiger partial charge in [-0.25, -0.2) is 0 Å². The molecular weight excluding hydrogens is 168 g/mol. The summed E-state index contributed by atoms with van der Waals surface area (Å²) in [7, 11) is 1.62. The molecule has 0 saturated carbocycles. The maximum absolute atomic E-state index is 9.11. The van der Waals surface area contributed by atoms with Gasteiger partial charge in [0.2, 0.25) is 0 Å². The van der Waals surface area contributed by atoms with Gasteiger partial charge in [0.05, 0.1) is 20.3 Å². The van der Waals surface area contributed by atoms with E-state index in [0.29, 0.717) is 6.61 Å². The van der Waals surface area contributed by atoms with Gasteiger partial charge in [-0.05, 0) is 17.7 Å². The van der Waals surface area contributed by atoms with Crippen LogP contribution in [-0.4, -0.2) is 25.4 Å². The molecule has 0 bridgehead atoms. The molecule has 1 N–H and O–H groups in total. The molecule has 3 heteroatoms. The fourth-order valence-corrected chi connectivity index (χ4v) is 1.34. The van der Waals surface area contributed by atoms with Crippen LogP contribution >= 0.6 is 0 Å². The maximum atomic E-state index is 9.11. The number of methoxy groups -OCH3 is 1. The fraction of sp³-hybridized carbons (Fsp3) is 0.400. The van der Waals surface area contributed by atoms with E-state index in [-0.39, 0.29) is 6.61 Å². The van der Waals surface area contributed by atoms with Crippen LogP contribution in [0.3, 0.4) is 0 Å². The highest BCUT2D eigenvalue weighted by molar-refractivity contribution is 5.34. The topological polar surface area (TPSA) is 42.0 Å². The Morgan fingerprint density at radius 3 is 2.92 bits per heavy atom. The second-order valence-electron chi connectivity index (χ2n) is 3.17. The lowest BCUT2D eigenvalue weighted by atomic mass is 10.0. The molecule has 1 saturated heterocycles. The van der Waals surface area contributed by atoms with Crippen LogP contribution in [0.15, 0.2) is 24.3 Å². The van der Waals surface area contributed by atoms with Crippen molar-refractivity contribution in [1.29, 1.82) is 0 Å². The number of hydrogen-bond acceptors (Lipinski definition) is 3. The Kier molecular flexibility index (Phi) is 1.98. The van der Waals surface area contributed by atoms with E-state index in [2.05, 4.69) is 0 Å². The summed E-state index contributed by atoms with van der Waals surface area (Å²) in [6.45, 7) is 0.622. The van der Waals surface area contributed by atoms with Crippen molar-refractivity contribution in [2.24, 2.45) is 0 Å². The van der Waals surface area contributed by atoms with E-state index < -0.39 is 5.60 Å². The van der Waals surface area contributed by atoms with Crippen molar-refractivity contribution in [2.45, 2.75) is 5.60 Å². The predicted molar refractivity (Wildman–Crippen MR) is 47.7 cm³/mol. The number of aliphatic hydroxyl groups excluding tert-OH is 1. The molecule has 1 aliphatic rings. The molecule has 13 heavy (non-hydrogen) atoms. The Hall–Kier alpha value is -1.06. The highest BCUT2D eigenvalue weighted by atomic mass is 16.6. The Morgan fingerprint density at radius 1 is 1.62 bits per heavy atom. The molecular formula is C10H12O3. The zero-order valence-corrected chi connectivity index (χ0v) is 7.49. The van der Waals surface area contributed by atoms with E-state index in [1.807, 2.05) is 24.3 Å². The summed E-state index contributed by atoms with van der Waals surface area (Å²) in [6, 6.07) is 7.60. The average Bonchev–Trinajstić information content (AvgIpc) is 2.99. The molecule has 1 aromatic carbocycles. The van der Waals surface area contributed by atoms with E-state index in [1.165, 1.54) is 0 Å². The van der Waals surface area contributed by atoms with Gasteiger partial charge in [0.1, 0.15) is 11.4 Å². The van der Waals surface area contributed by atoms with Crippen LogP contribution in [0.1, 0.15) is 5.56 Å². The van der Waals surface area contributed by atoms with Crippen molar-refractivity contribution in [3.63, 3.8) is 0 Å². The van der Waals surface area contributed by atoms with Crippen LogP contribution in [0.25, 0.3) is 0 Å². The van der Waals surface area contributed by atoms with Crippen LogP contribution < -0.4 is 4.74 Å². The molecule has 0 amide bonds. The van der Waals surface area contributed by atoms with Crippen LogP contribution in [0.2, 0.25) is 0 Å². The molecule has 0 radical (unpaired) electrons. The predicted octanol–water partition coefficient (Wildman–Crippen LogP) is 0.913. The molecule has 1 atom stereocenters. The van der Waals surface area contributed by atoms with Gasteiger partial charge in [0.25, 0.3) is 0 Å². The van der Waals surface area contributed by atoms with E-state index in [1.54, 1.807) is 7.11 Å². The number of rotatable bonds is 3. The molecule has 1 aromatic rings. The van der Waals surface area contributed by atoms with E-state index >= 15 is 0 Å². The average molecular weight is 180 g/mol. The van der Waals surface area contributed by atoms with Gasteiger partial charge in [0, 0.05) is 0 Å². The van der Waals surface area contributed by atoms with Gasteiger partial charge in [-0.2, -0.15) is 0 Å². The van der Waals surface area contributed by atoms with Crippen molar-refractivity contribution < 1.29 is 14.6 Å². The maximum Gasteiger partial charge on any atom is 0.140 e. The summed E-state index contributed by atoms with van der Waals surface area (Å²) in [5.74, 6) is 0.792. The first kappa shape index (κ1) is 8.53. The highest BCUT2D eigenvalue weighted by Gasteiger charge is 2.46. The van der Waals surface area contributed by atoms with Crippen LogP contribution in [-0.2, 0) is 10.3 Å². The van der Waals surface area contributed by atoms with E-state index in [0.717, 1.165) is 11.3 Å². The van der Waals surface area contributed by atoms with E-state index in [9.17, 15) is 0 Å². The minimum absolute atomic E-state index is 0.0279. The standard InChI is InChI=1S/C10H12O3/c1-12-9-4-2-3-8(5-9)10(6-11)7-13-10/h2-5,11H,6-7H2,1H3. The quantitative estimate of drug-likeness (QED) is 0.703. The molecule has 0 aliphatic carbocycles. The summed E-state index contributed by atoms with van der Waals surface area (Å²) < 4.78 is 10.3. The number of hydrogen-bond donors (Lipinski definition) is 1. The Bertz CT molecular complexity index is 305. The molecule has 0 aromatic heterocycles. The molecule has 70 valence electrons. The van der Waals surface area contributed by atoms with E-state index in [4.69, 9.17) is 14.6 Å². The summed E-state index contributed by atoms with van der Waals surface area (Å²) in [4.78, 5) is 0. The summed E-state index contributed by atoms with van der Waals surface area (Å²) in [6.07, 6.45) is 0. The normalized spacial score (nSPS) is 25.7. The number of ether oxygens (including phenoxy) is 2. The molecule has 1 unspecified atom stereocenters. The van der Waals surface area contributed by atoms with Gasteiger partial charge >= 0.3 is 0 Å². The fourth-order valence-electron chi connectivity index (χ4n) is 1.34. The molecule has 3 nitrogen and oxygen atoms in total. The first-order valence-corrected chi connectivity index (χ1v) is 4.20. The lowest BCUT2D eigenvalue weighted by Crippen LogP contribution is -2.13. The second-order valence-corrected chi connectivity index (χ2v) is 3.17. The lowest BCUT2D eigenvalue weighted by molar-refractivity contribution is 0.172. The Balaban J connectivity index is 2.30. The molecule has 1 heterocycles. The Labute approximate surface area is 76.9 Å². The zero-order valence-electron chi connectivity index (χ0n) is 7.49. The minimum Gasteiger partial charge on any atom is -0.497 e. The second kappa shape index (κ2) is 3.01. The molecule has 2 rings (SSSR count). The minimum atomic E-state index is -0.450.